The van der Waals surface area contributed by atoms with Crippen LogP contribution in [0.5, 0.6) is 5.75 Å². The molecule has 2 aromatic carbocycles. The Hall–Kier alpha value is -3.26. The molecular weight excluding hydrogens is 401 g/mol. The number of benzene rings is 2. The van der Waals surface area contributed by atoms with Crippen molar-refractivity contribution in [3.8, 4) is 17.1 Å². The van der Waals surface area contributed by atoms with Crippen molar-refractivity contribution in [1.29, 1.82) is 0 Å². The van der Waals surface area contributed by atoms with Gasteiger partial charge in [0, 0.05) is 18.7 Å². The minimum atomic E-state index is -0.368. The highest BCUT2D eigenvalue weighted by atomic mass is 19.1. The fourth-order valence-electron chi connectivity index (χ4n) is 3.70. The summed E-state index contributed by atoms with van der Waals surface area (Å²) in [6, 6.07) is 13.1. The summed E-state index contributed by atoms with van der Waals surface area (Å²) < 4.78 is 29.4. The molecule has 0 saturated carbocycles. The molecule has 1 fully saturated rings. The molecule has 0 spiro atoms. The number of methoxy groups -OCH3 is 1. The number of esters is 1. The molecule has 0 radical (unpaired) electrons. The van der Waals surface area contributed by atoms with Gasteiger partial charge in [0.2, 0.25) is 11.7 Å². The predicted molar refractivity (Wildman–Crippen MR) is 111 cm³/mol. The SMILES string of the molecule is COC(=O)c1ccc(OCCN2CCCC(c3nc(-c4cccc(F)c4)no3)C2)cc1. The number of carbonyl (C=O) groups excluding carboxylic acids is 1. The van der Waals surface area contributed by atoms with Crippen molar-refractivity contribution >= 4 is 5.97 Å². The summed E-state index contributed by atoms with van der Waals surface area (Å²) in [7, 11) is 1.36. The maximum Gasteiger partial charge on any atom is 0.337 e. The molecule has 1 saturated heterocycles. The first-order valence-electron chi connectivity index (χ1n) is 10.3. The van der Waals surface area contributed by atoms with E-state index in [1.807, 2.05) is 0 Å². The molecule has 4 rings (SSSR count). The highest BCUT2D eigenvalue weighted by Crippen LogP contribution is 2.27. The van der Waals surface area contributed by atoms with Crippen LogP contribution in [0.2, 0.25) is 0 Å². The average molecular weight is 425 g/mol. The smallest absolute Gasteiger partial charge is 0.337 e. The second-order valence-electron chi connectivity index (χ2n) is 7.47. The Morgan fingerprint density at radius 2 is 2.10 bits per heavy atom. The number of carbonyl (C=O) groups is 1. The Kier molecular flexibility index (Phi) is 6.57. The molecule has 162 valence electrons. The van der Waals surface area contributed by atoms with Crippen molar-refractivity contribution in [3.05, 3.63) is 65.8 Å². The molecule has 31 heavy (non-hydrogen) atoms. The summed E-state index contributed by atoms with van der Waals surface area (Å²) in [5.74, 6) is 1.15. The van der Waals surface area contributed by atoms with Crippen molar-refractivity contribution < 1.29 is 23.2 Å². The zero-order valence-electron chi connectivity index (χ0n) is 17.3. The fraction of sp³-hybridized carbons (Fsp3) is 0.348. The number of piperidine rings is 1. The lowest BCUT2D eigenvalue weighted by Crippen LogP contribution is -2.37. The molecule has 2 heterocycles. The molecule has 1 unspecified atom stereocenters. The van der Waals surface area contributed by atoms with Crippen molar-refractivity contribution in [2.75, 3.05) is 33.4 Å². The number of aromatic nitrogens is 2. The third-order valence-corrected chi connectivity index (χ3v) is 5.33. The van der Waals surface area contributed by atoms with Crippen molar-refractivity contribution in [2.45, 2.75) is 18.8 Å². The van der Waals surface area contributed by atoms with Gasteiger partial charge < -0.3 is 14.0 Å². The molecule has 1 aromatic heterocycles. The van der Waals surface area contributed by atoms with Crippen LogP contribution in [0.15, 0.2) is 53.1 Å². The monoisotopic (exact) mass is 425 g/mol. The summed E-state index contributed by atoms with van der Waals surface area (Å²) in [4.78, 5) is 18.3. The largest absolute Gasteiger partial charge is 0.492 e. The van der Waals surface area contributed by atoms with Crippen LogP contribution in [0.25, 0.3) is 11.4 Å². The molecule has 1 aliphatic rings. The van der Waals surface area contributed by atoms with Gasteiger partial charge in [-0.25, -0.2) is 9.18 Å². The van der Waals surface area contributed by atoms with Crippen LogP contribution >= 0.6 is 0 Å². The Bertz CT molecular complexity index is 1020. The normalized spacial score (nSPS) is 16.8. The summed E-state index contributed by atoms with van der Waals surface area (Å²) in [6.07, 6.45) is 1.99. The van der Waals surface area contributed by atoms with Crippen LogP contribution in [-0.4, -0.2) is 54.4 Å². The number of ether oxygens (including phenoxy) is 2. The molecule has 0 aliphatic carbocycles. The quantitative estimate of drug-likeness (QED) is 0.531. The van der Waals surface area contributed by atoms with E-state index >= 15 is 0 Å². The van der Waals surface area contributed by atoms with E-state index in [-0.39, 0.29) is 17.7 Å². The lowest BCUT2D eigenvalue weighted by atomic mass is 9.98. The first-order chi connectivity index (χ1) is 15.1. The predicted octanol–water partition coefficient (Wildman–Crippen LogP) is 3.92. The number of rotatable bonds is 7. The summed E-state index contributed by atoms with van der Waals surface area (Å²) >= 11 is 0. The summed E-state index contributed by atoms with van der Waals surface area (Å²) in [6.45, 7) is 3.07. The minimum absolute atomic E-state index is 0.142. The zero-order valence-corrected chi connectivity index (χ0v) is 17.3. The number of likely N-dealkylation sites (tertiary alicyclic amines) is 1. The molecule has 1 aliphatic heterocycles. The molecular formula is C23H24FN3O4. The maximum absolute atomic E-state index is 13.5. The van der Waals surface area contributed by atoms with Gasteiger partial charge in [-0.15, -0.1) is 0 Å². The van der Waals surface area contributed by atoms with Gasteiger partial charge in [0.05, 0.1) is 18.6 Å². The van der Waals surface area contributed by atoms with E-state index in [0.717, 1.165) is 32.5 Å². The van der Waals surface area contributed by atoms with E-state index in [0.29, 0.717) is 35.2 Å². The van der Waals surface area contributed by atoms with Crippen LogP contribution in [0.3, 0.4) is 0 Å². The zero-order chi connectivity index (χ0) is 21.6. The van der Waals surface area contributed by atoms with E-state index in [1.165, 1.54) is 19.2 Å². The molecule has 0 bridgehead atoms. The van der Waals surface area contributed by atoms with E-state index in [9.17, 15) is 9.18 Å². The Balaban J connectivity index is 1.29. The van der Waals surface area contributed by atoms with E-state index < -0.39 is 0 Å². The van der Waals surface area contributed by atoms with Gasteiger partial charge in [-0.05, 0) is 55.8 Å². The van der Waals surface area contributed by atoms with Crippen molar-refractivity contribution in [2.24, 2.45) is 0 Å². The Morgan fingerprint density at radius 3 is 2.87 bits per heavy atom. The number of nitrogens with zero attached hydrogens (tertiary/aromatic N) is 3. The van der Waals surface area contributed by atoms with E-state index in [4.69, 9.17) is 14.0 Å². The van der Waals surface area contributed by atoms with Gasteiger partial charge in [-0.3, -0.25) is 4.90 Å². The third-order valence-electron chi connectivity index (χ3n) is 5.33. The van der Waals surface area contributed by atoms with Gasteiger partial charge in [-0.2, -0.15) is 4.98 Å². The van der Waals surface area contributed by atoms with Crippen molar-refractivity contribution in [1.82, 2.24) is 15.0 Å². The van der Waals surface area contributed by atoms with Crippen LogP contribution in [0.1, 0.15) is 35.0 Å². The average Bonchev–Trinajstić information content (AvgIpc) is 3.30. The third kappa shape index (κ3) is 5.27. The highest BCUT2D eigenvalue weighted by Gasteiger charge is 2.26. The summed E-state index contributed by atoms with van der Waals surface area (Å²) in [5.41, 5.74) is 1.10. The Labute approximate surface area is 179 Å². The standard InChI is InChI=1S/C23H24FN3O4/c1-29-23(28)16-7-9-20(10-8-16)30-13-12-27-11-3-5-18(15-27)22-25-21(26-31-22)17-4-2-6-19(24)14-17/h2,4,6-10,14,18H,3,5,11-13,15H2,1H3. The fourth-order valence-corrected chi connectivity index (χ4v) is 3.70. The first kappa shape index (κ1) is 21.0. The lowest BCUT2D eigenvalue weighted by Gasteiger charge is -2.30. The molecule has 0 N–H and O–H groups in total. The molecule has 1 atom stereocenters. The van der Waals surface area contributed by atoms with Gasteiger partial charge >= 0.3 is 5.97 Å². The number of halogens is 1. The number of hydrogen-bond donors (Lipinski definition) is 0. The molecule has 7 nitrogen and oxygen atoms in total. The van der Waals surface area contributed by atoms with Gasteiger partial charge in [0.15, 0.2) is 0 Å². The topological polar surface area (TPSA) is 77.7 Å². The van der Waals surface area contributed by atoms with Crippen LogP contribution < -0.4 is 4.74 Å². The van der Waals surface area contributed by atoms with Gasteiger partial charge in [-0.1, -0.05) is 17.3 Å². The summed E-state index contributed by atoms with van der Waals surface area (Å²) in [5, 5.41) is 4.03. The van der Waals surface area contributed by atoms with Crippen LogP contribution in [-0.2, 0) is 4.74 Å². The first-order valence-corrected chi connectivity index (χ1v) is 10.3. The van der Waals surface area contributed by atoms with Crippen LogP contribution in [0.4, 0.5) is 4.39 Å². The molecule has 3 aromatic rings. The lowest BCUT2D eigenvalue weighted by molar-refractivity contribution is 0.0600. The van der Waals surface area contributed by atoms with Gasteiger partial charge in [0.1, 0.15) is 18.2 Å². The highest BCUT2D eigenvalue weighted by molar-refractivity contribution is 5.89. The number of hydrogen-bond acceptors (Lipinski definition) is 7. The van der Waals surface area contributed by atoms with Crippen LogP contribution in [0, 0.1) is 5.82 Å². The second kappa shape index (κ2) is 9.70. The van der Waals surface area contributed by atoms with E-state index in [2.05, 4.69) is 15.0 Å². The minimum Gasteiger partial charge on any atom is -0.492 e. The molecule has 8 heteroatoms. The second-order valence-corrected chi connectivity index (χ2v) is 7.47. The van der Waals surface area contributed by atoms with Gasteiger partial charge in [0.25, 0.3) is 0 Å². The maximum atomic E-state index is 13.5. The molecule has 0 amide bonds. The Morgan fingerprint density at radius 1 is 1.26 bits per heavy atom. The van der Waals surface area contributed by atoms with E-state index in [1.54, 1.807) is 36.4 Å². The van der Waals surface area contributed by atoms with Crippen molar-refractivity contribution in [3.63, 3.8) is 0 Å².